The van der Waals surface area contributed by atoms with Crippen LogP contribution in [0, 0.1) is 0 Å². The van der Waals surface area contributed by atoms with Crippen LogP contribution in [0.5, 0.6) is 0 Å². The molecule has 3 aromatic heterocycles. The first-order valence-corrected chi connectivity index (χ1v) is 5.94. The van der Waals surface area contributed by atoms with Gasteiger partial charge in [0.05, 0.1) is 12.8 Å². The molecule has 9 heteroatoms. The SMILES string of the molecule is c1coc(-c2nc(C3NCCO3)c(-c3nnco3)o2)n1. The van der Waals surface area contributed by atoms with Crippen molar-refractivity contribution in [3.8, 4) is 23.4 Å². The Morgan fingerprint density at radius 1 is 1.20 bits per heavy atom. The molecule has 0 aliphatic carbocycles. The minimum absolute atomic E-state index is 0.225. The van der Waals surface area contributed by atoms with Crippen molar-refractivity contribution in [1.29, 1.82) is 0 Å². The number of hydrogen-bond acceptors (Lipinski definition) is 9. The lowest BCUT2D eigenvalue weighted by atomic mass is 10.3. The second-order valence-electron chi connectivity index (χ2n) is 4.02. The lowest BCUT2D eigenvalue weighted by Crippen LogP contribution is -2.15. The van der Waals surface area contributed by atoms with Gasteiger partial charge in [-0.25, -0.2) is 9.97 Å². The summed E-state index contributed by atoms with van der Waals surface area (Å²) in [7, 11) is 0. The van der Waals surface area contributed by atoms with Crippen LogP contribution in [0.3, 0.4) is 0 Å². The summed E-state index contributed by atoms with van der Waals surface area (Å²) >= 11 is 0. The van der Waals surface area contributed by atoms with E-state index < -0.39 is 0 Å². The molecule has 0 saturated carbocycles. The van der Waals surface area contributed by atoms with Crippen LogP contribution in [0.2, 0.25) is 0 Å². The Bertz CT molecular complexity index is 685. The van der Waals surface area contributed by atoms with Gasteiger partial charge in [0.2, 0.25) is 12.2 Å². The summed E-state index contributed by atoms with van der Waals surface area (Å²) in [6.45, 7) is 1.32. The number of hydrogen-bond donors (Lipinski definition) is 1. The summed E-state index contributed by atoms with van der Waals surface area (Å²) in [4.78, 5) is 8.35. The van der Waals surface area contributed by atoms with E-state index in [-0.39, 0.29) is 23.9 Å². The third-order valence-electron chi connectivity index (χ3n) is 2.79. The van der Waals surface area contributed by atoms with Gasteiger partial charge < -0.3 is 18.0 Å². The average molecular weight is 275 g/mol. The molecule has 9 nitrogen and oxygen atoms in total. The fraction of sp³-hybridized carbons (Fsp3) is 0.273. The second kappa shape index (κ2) is 4.54. The first-order chi connectivity index (χ1) is 9.92. The molecule has 1 unspecified atom stereocenters. The molecule has 1 N–H and O–H groups in total. The quantitative estimate of drug-likeness (QED) is 0.747. The third-order valence-corrected chi connectivity index (χ3v) is 2.79. The molecule has 4 heterocycles. The van der Waals surface area contributed by atoms with Crippen LogP contribution in [0.25, 0.3) is 23.4 Å². The van der Waals surface area contributed by atoms with Crippen LogP contribution >= 0.6 is 0 Å². The van der Waals surface area contributed by atoms with Crippen molar-refractivity contribution in [3.63, 3.8) is 0 Å². The van der Waals surface area contributed by atoms with Crippen molar-refractivity contribution in [2.24, 2.45) is 0 Å². The molecular formula is C11H9N5O4. The summed E-state index contributed by atoms with van der Waals surface area (Å²) in [6.07, 6.45) is 3.78. The Balaban J connectivity index is 1.82. The van der Waals surface area contributed by atoms with E-state index in [0.29, 0.717) is 18.1 Å². The van der Waals surface area contributed by atoms with Crippen LogP contribution in [-0.4, -0.2) is 33.3 Å². The highest BCUT2D eigenvalue weighted by atomic mass is 16.5. The maximum absolute atomic E-state index is 5.63. The normalized spacial score (nSPS) is 18.7. The fourth-order valence-corrected chi connectivity index (χ4v) is 1.96. The Morgan fingerprint density at radius 3 is 2.90 bits per heavy atom. The number of ether oxygens (including phenoxy) is 1. The van der Waals surface area contributed by atoms with Crippen LogP contribution in [0.1, 0.15) is 11.9 Å². The molecule has 1 aliphatic heterocycles. The zero-order valence-electron chi connectivity index (χ0n) is 10.1. The molecule has 0 amide bonds. The second-order valence-corrected chi connectivity index (χ2v) is 4.02. The van der Waals surface area contributed by atoms with E-state index in [4.69, 9.17) is 18.0 Å². The first kappa shape index (κ1) is 11.3. The predicted octanol–water partition coefficient (Wildman–Crippen LogP) is 0.998. The summed E-state index contributed by atoms with van der Waals surface area (Å²) in [5.41, 5.74) is 0.528. The van der Waals surface area contributed by atoms with Gasteiger partial charge in [-0.3, -0.25) is 5.32 Å². The summed E-state index contributed by atoms with van der Waals surface area (Å²) < 4.78 is 21.5. The van der Waals surface area contributed by atoms with Gasteiger partial charge in [-0.15, -0.1) is 10.2 Å². The third kappa shape index (κ3) is 1.80. The minimum atomic E-state index is -0.385. The molecule has 0 spiro atoms. The standard InChI is InChI=1S/C11H9N5O4/c1-3-17-8(12-1)6-7(9-16-14-5-19-9)20-11(15-6)10-13-2-4-18-10/h2,4-5,8,12H,1,3H2. The van der Waals surface area contributed by atoms with E-state index in [9.17, 15) is 0 Å². The van der Waals surface area contributed by atoms with Crippen molar-refractivity contribution in [3.05, 3.63) is 24.5 Å². The minimum Gasteiger partial charge on any atom is -0.441 e. The van der Waals surface area contributed by atoms with Gasteiger partial charge in [0.15, 0.2) is 6.23 Å². The monoisotopic (exact) mass is 275 g/mol. The molecule has 0 radical (unpaired) electrons. The zero-order chi connectivity index (χ0) is 13.4. The zero-order valence-corrected chi connectivity index (χ0v) is 10.1. The van der Waals surface area contributed by atoms with E-state index in [1.54, 1.807) is 0 Å². The van der Waals surface area contributed by atoms with E-state index in [2.05, 4.69) is 25.5 Å². The van der Waals surface area contributed by atoms with Crippen LogP contribution in [-0.2, 0) is 4.74 Å². The van der Waals surface area contributed by atoms with Crippen molar-refractivity contribution in [2.75, 3.05) is 13.2 Å². The fourth-order valence-electron chi connectivity index (χ4n) is 1.96. The molecular weight excluding hydrogens is 266 g/mol. The smallest absolute Gasteiger partial charge is 0.285 e. The lowest BCUT2D eigenvalue weighted by molar-refractivity contribution is 0.0988. The summed E-state index contributed by atoms with van der Waals surface area (Å²) in [6, 6.07) is 0. The Kier molecular flexibility index (Phi) is 2.57. The maximum atomic E-state index is 5.63. The Hall–Kier alpha value is -2.52. The van der Waals surface area contributed by atoms with Gasteiger partial charge in [0.25, 0.3) is 17.7 Å². The number of rotatable bonds is 3. The Morgan fingerprint density at radius 2 is 2.20 bits per heavy atom. The van der Waals surface area contributed by atoms with Gasteiger partial charge in [-0.2, -0.15) is 0 Å². The Labute approximate surface area is 112 Å². The van der Waals surface area contributed by atoms with E-state index in [1.807, 2.05) is 0 Å². The molecule has 0 aromatic carbocycles. The summed E-state index contributed by atoms with van der Waals surface area (Å²) in [5, 5.41) is 10.6. The number of nitrogens with one attached hydrogen (secondary N) is 1. The highest BCUT2D eigenvalue weighted by molar-refractivity contribution is 5.53. The molecule has 1 aliphatic rings. The number of aromatic nitrogens is 4. The van der Waals surface area contributed by atoms with E-state index in [1.165, 1.54) is 18.9 Å². The van der Waals surface area contributed by atoms with Gasteiger partial charge in [0.1, 0.15) is 12.0 Å². The molecule has 0 bridgehead atoms. The number of nitrogens with zero attached hydrogens (tertiary/aromatic N) is 4. The predicted molar refractivity (Wildman–Crippen MR) is 62.0 cm³/mol. The molecule has 20 heavy (non-hydrogen) atoms. The lowest BCUT2D eigenvalue weighted by Gasteiger charge is -2.05. The van der Waals surface area contributed by atoms with Crippen LogP contribution in [0.4, 0.5) is 0 Å². The maximum Gasteiger partial charge on any atom is 0.285 e. The number of oxazole rings is 2. The summed E-state index contributed by atoms with van der Waals surface area (Å²) in [5.74, 6) is 1.07. The topological polar surface area (TPSA) is 112 Å². The largest absolute Gasteiger partial charge is 0.441 e. The average Bonchev–Trinajstić information content (AvgIpc) is 3.22. The van der Waals surface area contributed by atoms with Crippen molar-refractivity contribution < 1.29 is 18.0 Å². The van der Waals surface area contributed by atoms with Gasteiger partial charge >= 0.3 is 0 Å². The van der Waals surface area contributed by atoms with Gasteiger partial charge in [0, 0.05) is 6.54 Å². The van der Waals surface area contributed by atoms with Gasteiger partial charge in [-0.05, 0) is 0 Å². The van der Waals surface area contributed by atoms with Crippen molar-refractivity contribution in [1.82, 2.24) is 25.5 Å². The van der Waals surface area contributed by atoms with Crippen molar-refractivity contribution in [2.45, 2.75) is 6.23 Å². The molecule has 1 fully saturated rings. The van der Waals surface area contributed by atoms with Gasteiger partial charge in [-0.1, -0.05) is 0 Å². The molecule has 1 atom stereocenters. The highest BCUT2D eigenvalue weighted by Crippen LogP contribution is 2.32. The molecule has 3 aromatic rings. The molecule has 1 saturated heterocycles. The molecule has 4 rings (SSSR count). The van der Waals surface area contributed by atoms with Crippen LogP contribution < -0.4 is 5.32 Å². The highest BCUT2D eigenvalue weighted by Gasteiger charge is 2.30. The van der Waals surface area contributed by atoms with Crippen LogP contribution in [0.15, 0.2) is 32.1 Å². The van der Waals surface area contributed by atoms with Crippen molar-refractivity contribution >= 4 is 0 Å². The van der Waals surface area contributed by atoms with E-state index in [0.717, 1.165) is 6.54 Å². The van der Waals surface area contributed by atoms with E-state index >= 15 is 0 Å². The first-order valence-electron chi connectivity index (χ1n) is 5.94. The molecule has 102 valence electrons.